The Kier molecular flexibility index (Phi) is 4.77. The Balaban J connectivity index is 2.33. The van der Waals surface area contributed by atoms with Crippen molar-refractivity contribution in [2.24, 2.45) is 0 Å². The normalized spacial score (nSPS) is 10.2. The van der Waals surface area contributed by atoms with Gasteiger partial charge in [0.05, 0.1) is 23.1 Å². The molecule has 0 aliphatic rings. The van der Waals surface area contributed by atoms with Gasteiger partial charge in [-0.2, -0.15) is 0 Å². The summed E-state index contributed by atoms with van der Waals surface area (Å²) in [6.45, 7) is 1.99. The van der Waals surface area contributed by atoms with E-state index < -0.39 is 0 Å². The zero-order valence-corrected chi connectivity index (χ0v) is 14.2. The molecule has 104 valence electrons. The van der Waals surface area contributed by atoms with Gasteiger partial charge >= 0.3 is 0 Å². The molecule has 20 heavy (non-hydrogen) atoms. The molecule has 2 aromatic rings. The van der Waals surface area contributed by atoms with E-state index in [1.54, 1.807) is 25.5 Å². The van der Waals surface area contributed by atoms with Crippen LogP contribution < -0.4 is 10.6 Å². The van der Waals surface area contributed by atoms with Crippen LogP contribution in [0.2, 0.25) is 0 Å². The van der Waals surface area contributed by atoms with E-state index in [4.69, 9.17) is 0 Å². The van der Waals surface area contributed by atoms with Crippen LogP contribution in [0.25, 0.3) is 0 Å². The number of carbonyl (C=O) groups is 1. The predicted molar refractivity (Wildman–Crippen MR) is 88.3 cm³/mol. The standard InChI is InChI=1S/C14H13Br2N3O/c1-8-5-10(15)13(11(16)6-8)19-14(20)9-3-4-18-7-12(9)17-2/h3-7,17H,1-2H3,(H,19,20). The first-order chi connectivity index (χ1) is 9.52. The van der Waals surface area contributed by atoms with Crippen molar-refractivity contribution in [3.8, 4) is 0 Å². The Bertz CT molecular complexity index is 636. The van der Waals surface area contributed by atoms with Crippen molar-refractivity contribution in [3.05, 3.63) is 50.7 Å². The van der Waals surface area contributed by atoms with Crippen LogP contribution in [0, 0.1) is 6.92 Å². The molecule has 0 spiro atoms. The smallest absolute Gasteiger partial charge is 0.257 e. The number of aryl methyl sites for hydroxylation is 1. The van der Waals surface area contributed by atoms with Gasteiger partial charge in [-0.3, -0.25) is 9.78 Å². The van der Waals surface area contributed by atoms with E-state index in [2.05, 4.69) is 47.5 Å². The molecule has 1 heterocycles. The van der Waals surface area contributed by atoms with E-state index in [9.17, 15) is 4.79 Å². The highest BCUT2D eigenvalue weighted by atomic mass is 79.9. The maximum absolute atomic E-state index is 12.4. The summed E-state index contributed by atoms with van der Waals surface area (Å²) in [5.74, 6) is -0.193. The van der Waals surface area contributed by atoms with E-state index >= 15 is 0 Å². The summed E-state index contributed by atoms with van der Waals surface area (Å²) in [6.07, 6.45) is 3.21. The fraction of sp³-hybridized carbons (Fsp3) is 0.143. The van der Waals surface area contributed by atoms with E-state index in [1.165, 1.54) is 0 Å². The fourth-order valence-corrected chi connectivity index (χ4v) is 3.41. The van der Waals surface area contributed by atoms with E-state index in [0.29, 0.717) is 16.9 Å². The molecule has 0 fully saturated rings. The molecule has 0 saturated heterocycles. The molecule has 1 amide bonds. The third kappa shape index (κ3) is 3.19. The molecule has 4 nitrogen and oxygen atoms in total. The maximum atomic E-state index is 12.4. The molecule has 1 aromatic heterocycles. The van der Waals surface area contributed by atoms with Gasteiger partial charge in [0.1, 0.15) is 0 Å². The van der Waals surface area contributed by atoms with E-state index in [0.717, 1.165) is 14.5 Å². The Labute approximate surface area is 134 Å². The average Bonchev–Trinajstić information content (AvgIpc) is 2.42. The maximum Gasteiger partial charge on any atom is 0.257 e. The van der Waals surface area contributed by atoms with Gasteiger partial charge in [0.2, 0.25) is 0 Å². The zero-order valence-electron chi connectivity index (χ0n) is 11.0. The van der Waals surface area contributed by atoms with Gasteiger partial charge < -0.3 is 10.6 Å². The van der Waals surface area contributed by atoms with Crippen LogP contribution in [0.1, 0.15) is 15.9 Å². The van der Waals surface area contributed by atoms with Crippen LogP contribution in [-0.4, -0.2) is 17.9 Å². The molecule has 0 saturated carbocycles. The number of nitrogens with zero attached hydrogens (tertiary/aromatic N) is 1. The molecular formula is C14H13Br2N3O. The Hall–Kier alpha value is -1.40. The number of anilines is 2. The number of rotatable bonds is 3. The van der Waals surface area contributed by atoms with Crippen LogP contribution in [-0.2, 0) is 0 Å². The minimum atomic E-state index is -0.193. The third-order valence-corrected chi connectivity index (χ3v) is 4.01. The van der Waals surface area contributed by atoms with Gasteiger partial charge in [-0.25, -0.2) is 0 Å². The van der Waals surface area contributed by atoms with Gasteiger partial charge in [0.15, 0.2) is 0 Å². The lowest BCUT2D eigenvalue weighted by Crippen LogP contribution is -2.15. The number of carbonyl (C=O) groups excluding carboxylic acids is 1. The summed E-state index contributed by atoms with van der Waals surface area (Å²) >= 11 is 6.92. The SMILES string of the molecule is CNc1cnccc1C(=O)Nc1c(Br)cc(C)cc1Br. The van der Waals surface area contributed by atoms with Crippen LogP contribution >= 0.6 is 31.9 Å². The lowest BCUT2D eigenvalue weighted by Gasteiger charge is -2.12. The van der Waals surface area contributed by atoms with Gasteiger partial charge in [-0.1, -0.05) is 0 Å². The highest BCUT2D eigenvalue weighted by Crippen LogP contribution is 2.33. The van der Waals surface area contributed by atoms with E-state index in [1.807, 2.05) is 19.1 Å². The molecule has 0 unspecified atom stereocenters. The minimum absolute atomic E-state index is 0.193. The fourth-order valence-electron chi connectivity index (χ4n) is 1.79. The highest BCUT2D eigenvalue weighted by Gasteiger charge is 2.14. The van der Waals surface area contributed by atoms with Crippen molar-refractivity contribution in [3.63, 3.8) is 0 Å². The Morgan fingerprint density at radius 2 is 1.90 bits per heavy atom. The third-order valence-electron chi connectivity index (χ3n) is 2.76. The van der Waals surface area contributed by atoms with Crippen molar-refractivity contribution in [2.75, 3.05) is 17.7 Å². The number of amides is 1. The average molecular weight is 399 g/mol. The number of hydrogen-bond acceptors (Lipinski definition) is 3. The summed E-state index contributed by atoms with van der Waals surface area (Å²) in [5.41, 5.74) is 3.03. The molecule has 0 aliphatic carbocycles. The Morgan fingerprint density at radius 1 is 1.25 bits per heavy atom. The van der Waals surface area contributed by atoms with Crippen molar-refractivity contribution < 1.29 is 4.79 Å². The van der Waals surface area contributed by atoms with Crippen LogP contribution in [0.3, 0.4) is 0 Å². The van der Waals surface area contributed by atoms with Crippen LogP contribution in [0.5, 0.6) is 0 Å². The van der Waals surface area contributed by atoms with Crippen molar-refractivity contribution in [1.29, 1.82) is 0 Å². The largest absolute Gasteiger partial charge is 0.386 e. The zero-order chi connectivity index (χ0) is 14.7. The first-order valence-corrected chi connectivity index (χ1v) is 7.50. The number of nitrogens with one attached hydrogen (secondary N) is 2. The summed E-state index contributed by atoms with van der Waals surface area (Å²) in [4.78, 5) is 16.4. The molecule has 6 heteroatoms. The first kappa shape index (κ1) is 15.0. The van der Waals surface area contributed by atoms with Crippen LogP contribution in [0.15, 0.2) is 39.5 Å². The molecule has 0 atom stereocenters. The Morgan fingerprint density at radius 3 is 2.50 bits per heavy atom. The summed E-state index contributed by atoms with van der Waals surface area (Å²) < 4.78 is 1.66. The lowest BCUT2D eigenvalue weighted by molar-refractivity contribution is 0.102. The second kappa shape index (κ2) is 6.37. The quantitative estimate of drug-likeness (QED) is 0.814. The molecule has 1 aromatic carbocycles. The molecular weight excluding hydrogens is 386 g/mol. The number of aromatic nitrogens is 1. The number of benzene rings is 1. The first-order valence-electron chi connectivity index (χ1n) is 5.91. The second-order valence-electron chi connectivity index (χ2n) is 4.23. The van der Waals surface area contributed by atoms with Gasteiger partial charge in [-0.05, 0) is 62.5 Å². The monoisotopic (exact) mass is 397 g/mol. The summed E-state index contributed by atoms with van der Waals surface area (Å²) in [6, 6.07) is 5.58. The topological polar surface area (TPSA) is 54.0 Å². The second-order valence-corrected chi connectivity index (χ2v) is 5.94. The number of hydrogen-bond donors (Lipinski definition) is 2. The van der Waals surface area contributed by atoms with Gasteiger partial charge in [-0.15, -0.1) is 0 Å². The lowest BCUT2D eigenvalue weighted by atomic mass is 10.2. The van der Waals surface area contributed by atoms with Crippen molar-refractivity contribution in [2.45, 2.75) is 6.92 Å². The molecule has 0 radical (unpaired) electrons. The summed E-state index contributed by atoms with van der Waals surface area (Å²) in [7, 11) is 1.76. The number of pyridine rings is 1. The minimum Gasteiger partial charge on any atom is -0.386 e. The molecule has 2 rings (SSSR count). The highest BCUT2D eigenvalue weighted by molar-refractivity contribution is 9.11. The van der Waals surface area contributed by atoms with Crippen LogP contribution in [0.4, 0.5) is 11.4 Å². The summed E-state index contributed by atoms with van der Waals surface area (Å²) in [5, 5.41) is 5.85. The molecule has 2 N–H and O–H groups in total. The van der Waals surface area contributed by atoms with Gasteiger partial charge in [0, 0.05) is 22.2 Å². The van der Waals surface area contributed by atoms with E-state index in [-0.39, 0.29) is 5.91 Å². The molecule has 0 bridgehead atoms. The predicted octanol–water partition coefficient (Wildman–Crippen LogP) is 4.21. The number of halogens is 2. The van der Waals surface area contributed by atoms with Gasteiger partial charge in [0.25, 0.3) is 5.91 Å². The van der Waals surface area contributed by atoms with Crippen molar-refractivity contribution >= 4 is 49.1 Å². The molecule has 0 aliphatic heterocycles. The van der Waals surface area contributed by atoms with Crippen molar-refractivity contribution in [1.82, 2.24) is 4.98 Å².